The van der Waals surface area contributed by atoms with Gasteiger partial charge in [-0.05, 0) is 12.1 Å². The van der Waals surface area contributed by atoms with Crippen molar-refractivity contribution in [2.75, 3.05) is 26.8 Å². The van der Waals surface area contributed by atoms with Gasteiger partial charge in [0.2, 0.25) is 0 Å². The Kier molecular flexibility index (Phi) is 5.41. The molecule has 0 saturated heterocycles. The lowest BCUT2D eigenvalue weighted by molar-refractivity contribution is 0.0363. The van der Waals surface area contributed by atoms with Crippen molar-refractivity contribution in [1.29, 1.82) is 0 Å². The number of carbonyl (C=O) groups excluding carboxylic acids is 1. The van der Waals surface area contributed by atoms with Crippen molar-refractivity contribution < 1.29 is 15.0 Å². The van der Waals surface area contributed by atoms with Gasteiger partial charge in [-0.3, -0.25) is 9.89 Å². The number of hydrogen-bond acceptors (Lipinski definition) is 4. The molecule has 1 heterocycles. The smallest absolute Gasteiger partial charge is 0.271 e. The van der Waals surface area contributed by atoms with Crippen molar-refractivity contribution in [3.05, 3.63) is 41.0 Å². The highest BCUT2D eigenvalue weighted by molar-refractivity contribution is 6.33. The van der Waals surface area contributed by atoms with E-state index in [9.17, 15) is 15.0 Å². The fraction of sp³-hybridized carbons (Fsp3) is 0.375. The van der Waals surface area contributed by atoms with E-state index in [2.05, 4.69) is 10.2 Å². The summed E-state index contributed by atoms with van der Waals surface area (Å²) < 4.78 is 0. The Morgan fingerprint density at radius 2 is 2.00 bits per heavy atom. The second-order valence-corrected chi connectivity index (χ2v) is 6.34. The Labute approximate surface area is 139 Å². The van der Waals surface area contributed by atoms with Gasteiger partial charge in [0, 0.05) is 24.6 Å². The Morgan fingerprint density at radius 3 is 2.61 bits per heavy atom. The SMILES string of the molecule is CN(CC(C)(CO)CO)C(=O)c1cc(-c2ccccc2Cl)n[nH]1. The van der Waals surface area contributed by atoms with Gasteiger partial charge < -0.3 is 15.1 Å². The molecule has 1 aromatic heterocycles. The predicted octanol–water partition coefficient (Wildman–Crippen LogP) is 1.79. The van der Waals surface area contributed by atoms with Crippen LogP contribution >= 0.6 is 11.6 Å². The molecule has 6 nitrogen and oxygen atoms in total. The summed E-state index contributed by atoms with van der Waals surface area (Å²) in [5, 5.41) is 26.1. The standard InChI is InChI=1S/C16H20ClN3O3/c1-16(9-21,10-22)8-20(2)15(23)14-7-13(18-19-14)11-5-3-4-6-12(11)17/h3-7,21-22H,8-10H2,1-2H3,(H,18,19). The lowest BCUT2D eigenvalue weighted by Crippen LogP contribution is -2.41. The molecule has 1 aromatic carbocycles. The maximum absolute atomic E-state index is 12.4. The molecule has 2 aromatic rings. The summed E-state index contributed by atoms with van der Waals surface area (Å²) in [4.78, 5) is 13.9. The van der Waals surface area contributed by atoms with Crippen LogP contribution in [0.4, 0.5) is 0 Å². The van der Waals surface area contributed by atoms with Crippen molar-refractivity contribution in [2.45, 2.75) is 6.92 Å². The third-order valence-electron chi connectivity index (χ3n) is 3.69. The van der Waals surface area contributed by atoms with E-state index < -0.39 is 5.41 Å². The number of rotatable bonds is 6. The summed E-state index contributed by atoms with van der Waals surface area (Å²) in [6.07, 6.45) is 0. The van der Waals surface area contributed by atoms with E-state index in [1.54, 1.807) is 26.1 Å². The fourth-order valence-corrected chi connectivity index (χ4v) is 2.47. The molecule has 0 atom stereocenters. The number of benzene rings is 1. The van der Waals surface area contributed by atoms with Crippen molar-refractivity contribution >= 4 is 17.5 Å². The van der Waals surface area contributed by atoms with Crippen molar-refractivity contribution in [1.82, 2.24) is 15.1 Å². The van der Waals surface area contributed by atoms with Crippen LogP contribution in [-0.2, 0) is 0 Å². The lowest BCUT2D eigenvalue weighted by atomic mass is 9.92. The molecule has 0 radical (unpaired) electrons. The summed E-state index contributed by atoms with van der Waals surface area (Å²) >= 11 is 6.13. The summed E-state index contributed by atoms with van der Waals surface area (Å²) in [5.74, 6) is -0.274. The van der Waals surface area contributed by atoms with Gasteiger partial charge in [-0.25, -0.2) is 0 Å². The zero-order chi connectivity index (χ0) is 17.0. The first kappa shape index (κ1) is 17.5. The summed E-state index contributed by atoms with van der Waals surface area (Å²) in [6, 6.07) is 8.88. The maximum Gasteiger partial charge on any atom is 0.271 e. The number of hydrogen-bond donors (Lipinski definition) is 3. The van der Waals surface area contributed by atoms with Crippen LogP contribution in [0, 0.1) is 5.41 Å². The van der Waals surface area contributed by atoms with Gasteiger partial charge in [0.05, 0.1) is 23.9 Å². The van der Waals surface area contributed by atoms with Gasteiger partial charge >= 0.3 is 0 Å². The lowest BCUT2D eigenvalue weighted by Gasteiger charge is -2.30. The number of carbonyl (C=O) groups is 1. The van der Waals surface area contributed by atoms with Crippen molar-refractivity contribution in [3.8, 4) is 11.3 Å². The van der Waals surface area contributed by atoms with Crippen molar-refractivity contribution in [3.63, 3.8) is 0 Å². The second-order valence-electron chi connectivity index (χ2n) is 5.93. The topological polar surface area (TPSA) is 89.4 Å². The van der Waals surface area contributed by atoms with Crippen LogP contribution in [0.3, 0.4) is 0 Å². The second kappa shape index (κ2) is 7.12. The number of aromatic amines is 1. The molecule has 0 aliphatic heterocycles. The number of aromatic nitrogens is 2. The molecular weight excluding hydrogens is 318 g/mol. The molecular formula is C16H20ClN3O3. The average molecular weight is 338 g/mol. The quantitative estimate of drug-likeness (QED) is 0.749. The summed E-state index contributed by atoms with van der Waals surface area (Å²) in [5.41, 5.74) is 0.887. The monoisotopic (exact) mass is 337 g/mol. The average Bonchev–Trinajstić information content (AvgIpc) is 3.04. The van der Waals surface area contributed by atoms with E-state index in [1.165, 1.54) is 4.90 Å². The maximum atomic E-state index is 12.4. The number of amides is 1. The minimum atomic E-state index is -0.754. The Morgan fingerprint density at radius 1 is 1.35 bits per heavy atom. The number of nitrogens with zero attached hydrogens (tertiary/aromatic N) is 2. The van der Waals surface area contributed by atoms with Gasteiger partial charge in [-0.2, -0.15) is 5.10 Å². The van der Waals surface area contributed by atoms with Gasteiger partial charge in [-0.1, -0.05) is 36.7 Å². The first-order chi connectivity index (χ1) is 10.9. The molecule has 1 amide bonds. The van der Waals surface area contributed by atoms with Crippen molar-refractivity contribution in [2.24, 2.45) is 5.41 Å². The Balaban J connectivity index is 2.17. The van der Waals surface area contributed by atoms with Crippen LogP contribution < -0.4 is 0 Å². The Hall–Kier alpha value is -1.89. The van der Waals surface area contributed by atoms with E-state index in [0.717, 1.165) is 5.56 Å². The summed E-state index contributed by atoms with van der Waals surface area (Å²) in [6.45, 7) is 1.50. The van der Waals surface area contributed by atoms with Crippen LogP contribution in [-0.4, -0.2) is 58.0 Å². The summed E-state index contributed by atoms with van der Waals surface area (Å²) in [7, 11) is 1.61. The van der Waals surface area contributed by atoms with Crippen LogP contribution in [0.15, 0.2) is 30.3 Å². The highest BCUT2D eigenvalue weighted by Crippen LogP contribution is 2.26. The van der Waals surface area contributed by atoms with Gasteiger partial charge in [0.1, 0.15) is 5.69 Å². The van der Waals surface area contributed by atoms with Gasteiger partial charge in [0.25, 0.3) is 5.91 Å². The van der Waals surface area contributed by atoms with E-state index >= 15 is 0 Å². The molecule has 0 spiro atoms. The zero-order valence-electron chi connectivity index (χ0n) is 13.1. The largest absolute Gasteiger partial charge is 0.396 e. The van der Waals surface area contributed by atoms with Gasteiger partial charge in [-0.15, -0.1) is 0 Å². The number of H-pyrrole nitrogens is 1. The first-order valence-corrected chi connectivity index (χ1v) is 7.55. The molecule has 124 valence electrons. The molecule has 23 heavy (non-hydrogen) atoms. The first-order valence-electron chi connectivity index (χ1n) is 7.18. The minimum absolute atomic E-state index is 0.213. The predicted molar refractivity (Wildman–Crippen MR) is 88.3 cm³/mol. The zero-order valence-corrected chi connectivity index (χ0v) is 13.8. The molecule has 0 aliphatic carbocycles. The number of aliphatic hydroxyl groups is 2. The third kappa shape index (κ3) is 3.90. The molecule has 0 aliphatic rings. The highest BCUT2D eigenvalue weighted by Gasteiger charge is 2.27. The van der Waals surface area contributed by atoms with E-state index in [1.807, 2.05) is 18.2 Å². The van der Waals surface area contributed by atoms with Crippen LogP contribution in [0.5, 0.6) is 0 Å². The van der Waals surface area contributed by atoms with Crippen LogP contribution in [0.1, 0.15) is 17.4 Å². The molecule has 0 fully saturated rings. The third-order valence-corrected chi connectivity index (χ3v) is 4.02. The molecule has 0 bridgehead atoms. The fourth-order valence-electron chi connectivity index (χ4n) is 2.24. The number of halogens is 1. The Bertz CT molecular complexity index is 683. The number of nitrogens with one attached hydrogen (secondary N) is 1. The molecule has 2 rings (SSSR count). The van der Waals surface area contributed by atoms with E-state index in [4.69, 9.17) is 11.6 Å². The molecule has 3 N–H and O–H groups in total. The molecule has 7 heteroatoms. The highest BCUT2D eigenvalue weighted by atomic mass is 35.5. The van der Waals surface area contributed by atoms with Crippen LogP contribution in [0.2, 0.25) is 5.02 Å². The van der Waals surface area contributed by atoms with E-state index in [0.29, 0.717) is 16.4 Å². The minimum Gasteiger partial charge on any atom is -0.396 e. The van der Waals surface area contributed by atoms with Crippen LogP contribution in [0.25, 0.3) is 11.3 Å². The normalized spacial score (nSPS) is 11.5. The molecule has 0 unspecified atom stereocenters. The number of aliphatic hydroxyl groups excluding tert-OH is 2. The molecule has 0 saturated carbocycles. The van der Waals surface area contributed by atoms with Gasteiger partial charge in [0.15, 0.2) is 0 Å². The van der Waals surface area contributed by atoms with E-state index in [-0.39, 0.29) is 25.7 Å².